The molecule has 0 amide bonds. The second-order valence-electron chi connectivity index (χ2n) is 2.98. The minimum absolute atomic E-state index is 0.0382. The third-order valence-corrected chi connectivity index (χ3v) is 5.79. The Hall–Kier alpha value is 0.160. The summed E-state index contributed by atoms with van der Waals surface area (Å²) in [6, 6.07) is 2.04. The highest BCUT2D eigenvalue weighted by Gasteiger charge is 2.14. The fraction of sp³-hybridized carbons (Fsp3) is 0.222. The Morgan fingerprint density at radius 3 is 2.87 bits per heavy atom. The molecule has 80 valence electrons. The second kappa shape index (κ2) is 4.99. The lowest BCUT2D eigenvalue weighted by Gasteiger charge is -2.03. The zero-order valence-electron chi connectivity index (χ0n) is 7.51. The first kappa shape index (κ1) is 11.6. The van der Waals surface area contributed by atoms with E-state index in [4.69, 9.17) is 11.6 Å². The second-order valence-corrected chi connectivity index (χ2v) is 6.76. The first-order valence-corrected chi connectivity index (χ1v) is 7.08. The van der Waals surface area contributed by atoms with Crippen molar-refractivity contribution in [3.8, 4) is 0 Å². The molecule has 6 heteroatoms. The maximum Gasteiger partial charge on any atom is 0.107 e. The third-order valence-electron chi connectivity index (χ3n) is 1.90. The summed E-state index contributed by atoms with van der Waals surface area (Å²) in [6.07, 6.45) is 4.26. The van der Waals surface area contributed by atoms with E-state index < -0.39 is 0 Å². The molecule has 15 heavy (non-hydrogen) atoms. The van der Waals surface area contributed by atoms with Crippen LogP contribution in [0.2, 0.25) is 0 Å². The number of hydrogen-bond acceptors (Lipinski definition) is 2. The Morgan fingerprint density at radius 1 is 1.53 bits per heavy atom. The Balaban J connectivity index is 2.11. The van der Waals surface area contributed by atoms with Gasteiger partial charge in [0.25, 0.3) is 0 Å². The van der Waals surface area contributed by atoms with Gasteiger partial charge in [0.05, 0.1) is 9.16 Å². The molecule has 0 bridgehead atoms. The third kappa shape index (κ3) is 2.84. The molecule has 0 fully saturated rings. The number of nitrogens with one attached hydrogen (secondary N) is 1. The Morgan fingerprint density at radius 2 is 2.33 bits per heavy atom. The van der Waals surface area contributed by atoms with Gasteiger partial charge in [0.2, 0.25) is 0 Å². The van der Waals surface area contributed by atoms with Gasteiger partial charge >= 0.3 is 0 Å². The molecule has 0 aliphatic carbocycles. The van der Waals surface area contributed by atoms with Crippen molar-refractivity contribution in [1.29, 1.82) is 0 Å². The van der Waals surface area contributed by atoms with Crippen LogP contribution in [0.15, 0.2) is 26.7 Å². The molecule has 2 aromatic rings. The average Bonchev–Trinajstić information content (AvgIpc) is 2.78. The van der Waals surface area contributed by atoms with Gasteiger partial charge in [0.15, 0.2) is 0 Å². The van der Waals surface area contributed by atoms with Crippen molar-refractivity contribution in [2.45, 2.75) is 11.8 Å². The van der Waals surface area contributed by atoms with Gasteiger partial charge < -0.3 is 4.98 Å². The maximum atomic E-state index is 6.29. The number of rotatable bonds is 3. The van der Waals surface area contributed by atoms with Gasteiger partial charge in [-0.25, -0.2) is 4.98 Å². The molecule has 0 aliphatic rings. The van der Waals surface area contributed by atoms with Crippen LogP contribution in [0.4, 0.5) is 0 Å². The van der Waals surface area contributed by atoms with Crippen LogP contribution in [0.5, 0.6) is 0 Å². The summed E-state index contributed by atoms with van der Waals surface area (Å²) >= 11 is 14.8. The van der Waals surface area contributed by atoms with Gasteiger partial charge in [0.1, 0.15) is 5.82 Å². The van der Waals surface area contributed by atoms with E-state index in [1.165, 1.54) is 0 Å². The van der Waals surface area contributed by atoms with E-state index in [1.807, 2.05) is 6.07 Å². The van der Waals surface area contributed by atoms with Gasteiger partial charge in [-0.05, 0) is 37.9 Å². The molecule has 0 aromatic carbocycles. The highest BCUT2D eigenvalue weighted by atomic mass is 79.9. The number of H-pyrrole nitrogens is 1. The summed E-state index contributed by atoms with van der Waals surface area (Å²) in [5.74, 6) is 0.913. The summed E-state index contributed by atoms with van der Waals surface area (Å²) in [5, 5.41) is -0.0382. The lowest BCUT2D eigenvalue weighted by atomic mass is 10.2. The zero-order valence-corrected chi connectivity index (χ0v) is 12.3. The molecular weight excluding hydrogens is 363 g/mol. The highest BCUT2D eigenvalue weighted by molar-refractivity contribution is 9.13. The predicted octanol–water partition coefficient (Wildman–Crippen LogP) is 4.52. The summed E-state index contributed by atoms with van der Waals surface area (Å²) < 4.78 is 2.12. The van der Waals surface area contributed by atoms with Gasteiger partial charge in [0, 0.05) is 28.2 Å². The standard InChI is InChI=1S/C9H7Br2ClN2S/c10-5-3-7(15-9(5)11)6(12)4-8-13-1-2-14-8/h1-3,6H,4H2,(H,13,14). The molecule has 2 aromatic heterocycles. The predicted molar refractivity (Wildman–Crippen MR) is 70.6 cm³/mol. The van der Waals surface area contributed by atoms with Crippen LogP contribution in [0.25, 0.3) is 0 Å². The molecule has 2 nitrogen and oxygen atoms in total. The van der Waals surface area contributed by atoms with Gasteiger partial charge in [-0.15, -0.1) is 22.9 Å². The number of halogens is 3. The molecule has 2 heterocycles. The van der Waals surface area contributed by atoms with E-state index >= 15 is 0 Å². The van der Waals surface area contributed by atoms with Crippen molar-refractivity contribution < 1.29 is 0 Å². The van der Waals surface area contributed by atoms with Crippen molar-refractivity contribution in [1.82, 2.24) is 9.97 Å². The molecule has 0 aliphatic heterocycles. The highest BCUT2D eigenvalue weighted by Crippen LogP contribution is 2.38. The van der Waals surface area contributed by atoms with Crippen molar-refractivity contribution in [3.05, 3.63) is 37.4 Å². The van der Waals surface area contributed by atoms with E-state index in [0.717, 1.165) is 19.0 Å². The van der Waals surface area contributed by atoms with E-state index in [-0.39, 0.29) is 5.38 Å². The van der Waals surface area contributed by atoms with E-state index in [0.29, 0.717) is 6.42 Å². The Labute approximate surface area is 113 Å². The van der Waals surface area contributed by atoms with Crippen LogP contribution in [0.1, 0.15) is 16.1 Å². The average molecular weight is 370 g/mol. The Bertz CT molecular complexity index is 421. The monoisotopic (exact) mass is 368 g/mol. The van der Waals surface area contributed by atoms with Crippen LogP contribution in [-0.2, 0) is 6.42 Å². The number of aromatic amines is 1. The SMILES string of the molecule is ClC(Cc1ncc[nH]1)c1cc(Br)c(Br)s1. The van der Waals surface area contributed by atoms with Crippen LogP contribution in [-0.4, -0.2) is 9.97 Å². The molecule has 1 unspecified atom stereocenters. The van der Waals surface area contributed by atoms with Crippen molar-refractivity contribution >= 4 is 54.8 Å². The number of aromatic nitrogens is 2. The fourth-order valence-electron chi connectivity index (χ4n) is 1.20. The topological polar surface area (TPSA) is 28.7 Å². The van der Waals surface area contributed by atoms with E-state index in [9.17, 15) is 0 Å². The lowest BCUT2D eigenvalue weighted by Crippen LogP contribution is -1.95. The molecule has 1 N–H and O–H groups in total. The molecule has 2 rings (SSSR count). The summed E-state index contributed by atoms with van der Waals surface area (Å²) in [5.41, 5.74) is 0. The smallest absolute Gasteiger partial charge is 0.107 e. The zero-order chi connectivity index (χ0) is 10.8. The number of alkyl halides is 1. The normalized spacial score (nSPS) is 13.0. The summed E-state index contributed by atoms with van der Waals surface area (Å²) in [4.78, 5) is 8.33. The number of hydrogen-bond donors (Lipinski definition) is 1. The van der Waals surface area contributed by atoms with Gasteiger partial charge in [-0.2, -0.15) is 0 Å². The first-order chi connectivity index (χ1) is 7.16. The van der Waals surface area contributed by atoms with Crippen LogP contribution in [0, 0.1) is 0 Å². The van der Waals surface area contributed by atoms with Crippen molar-refractivity contribution in [2.24, 2.45) is 0 Å². The molecule has 0 radical (unpaired) electrons. The van der Waals surface area contributed by atoms with E-state index in [2.05, 4.69) is 41.8 Å². The summed E-state index contributed by atoms with van der Waals surface area (Å²) in [7, 11) is 0. The van der Waals surface area contributed by atoms with Crippen molar-refractivity contribution in [3.63, 3.8) is 0 Å². The number of thiophene rings is 1. The van der Waals surface area contributed by atoms with Gasteiger partial charge in [-0.1, -0.05) is 0 Å². The summed E-state index contributed by atoms with van der Waals surface area (Å²) in [6.45, 7) is 0. The molecule has 0 spiro atoms. The number of imidazole rings is 1. The minimum Gasteiger partial charge on any atom is -0.349 e. The maximum absolute atomic E-state index is 6.29. The van der Waals surface area contributed by atoms with Crippen LogP contribution < -0.4 is 0 Å². The first-order valence-electron chi connectivity index (χ1n) is 4.24. The minimum atomic E-state index is -0.0382. The molecule has 0 saturated carbocycles. The molecule has 0 saturated heterocycles. The Kier molecular flexibility index (Phi) is 3.88. The molecule has 1 atom stereocenters. The van der Waals surface area contributed by atoms with E-state index in [1.54, 1.807) is 23.7 Å². The van der Waals surface area contributed by atoms with Crippen LogP contribution >= 0.6 is 54.8 Å². The molecular formula is C9H7Br2ClN2S. The van der Waals surface area contributed by atoms with Crippen LogP contribution in [0.3, 0.4) is 0 Å². The largest absolute Gasteiger partial charge is 0.349 e. The lowest BCUT2D eigenvalue weighted by molar-refractivity contribution is 0.868. The van der Waals surface area contributed by atoms with Gasteiger partial charge in [-0.3, -0.25) is 0 Å². The fourth-order valence-corrected chi connectivity index (χ4v) is 3.61. The quantitative estimate of drug-likeness (QED) is 0.791. The van der Waals surface area contributed by atoms with Crippen molar-refractivity contribution in [2.75, 3.05) is 0 Å². The number of nitrogens with zero attached hydrogens (tertiary/aromatic N) is 1.